The zero-order chi connectivity index (χ0) is 15.2. The molecule has 2 aromatic rings. The Bertz CT molecular complexity index is 635. The topological polar surface area (TPSA) is 38.3 Å². The molecule has 1 amide bonds. The third-order valence-electron chi connectivity index (χ3n) is 3.28. The van der Waals surface area contributed by atoms with Crippen LogP contribution in [0.25, 0.3) is 0 Å². The lowest BCUT2D eigenvalue weighted by molar-refractivity contribution is -0.115. The van der Waals surface area contributed by atoms with Crippen molar-refractivity contribution in [3.63, 3.8) is 0 Å². The van der Waals surface area contributed by atoms with Gasteiger partial charge in [-0.3, -0.25) is 4.79 Å². The second kappa shape index (κ2) is 6.93. The van der Waals surface area contributed by atoms with E-state index in [-0.39, 0.29) is 5.91 Å². The average Bonchev–Trinajstić information content (AvgIpc) is 2.43. The average molecular weight is 283 g/mol. The van der Waals surface area contributed by atoms with Gasteiger partial charge in [-0.15, -0.1) is 0 Å². The van der Waals surface area contributed by atoms with E-state index in [1.165, 1.54) is 5.56 Å². The number of rotatable bonds is 5. The summed E-state index contributed by atoms with van der Waals surface area (Å²) in [6.07, 6.45) is 0.381. The molecule has 2 rings (SSSR count). The first-order valence-electron chi connectivity index (χ1n) is 7.17. The molecule has 110 valence electrons. The highest BCUT2D eigenvalue weighted by molar-refractivity contribution is 5.92. The van der Waals surface area contributed by atoms with Crippen LogP contribution in [0, 0.1) is 13.8 Å². The highest BCUT2D eigenvalue weighted by Crippen LogP contribution is 2.18. The molecule has 0 atom stereocenters. The number of nitrogens with one attached hydrogen (secondary N) is 1. The van der Waals surface area contributed by atoms with Crippen LogP contribution >= 0.6 is 0 Å². The molecule has 0 aliphatic heterocycles. The van der Waals surface area contributed by atoms with Crippen molar-refractivity contribution in [1.82, 2.24) is 0 Å². The molecule has 0 aliphatic carbocycles. The maximum absolute atomic E-state index is 12.2. The second-order valence-electron chi connectivity index (χ2n) is 5.12. The Hall–Kier alpha value is -2.29. The fourth-order valence-corrected chi connectivity index (χ4v) is 2.20. The summed E-state index contributed by atoms with van der Waals surface area (Å²) < 4.78 is 5.43. The quantitative estimate of drug-likeness (QED) is 0.904. The Balaban J connectivity index is 2.04. The van der Waals surface area contributed by atoms with Gasteiger partial charge in [0.05, 0.1) is 13.0 Å². The van der Waals surface area contributed by atoms with Crippen molar-refractivity contribution in [1.29, 1.82) is 0 Å². The van der Waals surface area contributed by atoms with Gasteiger partial charge >= 0.3 is 0 Å². The van der Waals surface area contributed by atoms with Gasteiger partial charge in [0, 0.05) is 11.8 Å². The monoisotopic (exact) mass is 283 g/mol. The molecule has 0 heterocycles. The van der Waals surface area contributed by atoms with E-state index in [1.807, 2.05) is 51.1 Å². The van der Waals surface area contributed by atoms with Crippen LogP contribution in [0.1, 0.15) is 23.6 Å². The van der Waals surface area contributed by atoms with Crippen molar-refractivity contribution < 1.29 is 9.53 Å². The first-order valence-corrected chi connectivity index (χ1v) is 7.17. The van der Waals surface area contributed by atoms with Gasteiger partial charge in [-0.25, -0.2) is 0 Å². The van der Waals surface area contributed by atoms with Crippen LogP contribution in [0.3, 0.4) is 0 Å². The van der Waals surface area contributed by atoms with E-state index in [1.54, 1.807) is 0 Å². The molecule has 0 unspecified atom stereocenters. The van der Waals surface area contributed by atoms with Gasteiger partial charge in [0.15, 0.2) is 0 Å². The smallest absolute Gasteiger partial charge is 0.228 e. The van der Waals surface area contributed by atoms with Crippen LogP contribution in [0.15, 0.2) is 42.5 Å². The van der Waals surface area contributed by atoms with E-state index >= 15 is 0 Å². The Morgan fingerprint density at radius 3 is 2.71 bits per heavy atom. The predicted octanol–water partition coefficient (Wildman–Crippen LogP) is 3.88. The number of hydrogen-bond donors (Lipinski definition) is 1. The summed E-state index contributed by atoms with van der Waals surface area (Å²) in [7, 11) is 0. The standard InChI is InChI=1S/C18H21NO2/c1-4-21-17-7-5-6-16(12-17)19-18(20)11-15-10-13(2)8-9-14(15)3/h5-10,12H,4,11H2,1-3H3,(H,19,20). The molecule has 21 heavy (non-hydrogen) atoms. The number of carbonyl (C=O) groups excluding carboxylic acids is 1. The minimum absolute atomic E-state index is 0.0163. The summed E-state index contributed by atoms with van der Waals surface area (Å²) >= 11 is 0. The van der Waals surface area contributed by atoms with Gasteiger partial charge in [0.1, 0.15) is 5.75 Å². The summed E-state index contributed by atoms with van der Waals surface area (Å²) in [5, 5.41) is 2.92. The summed E-state index contributed by atoms with van der Waals surface area (Å²) in [5.74, 6) is 0.749. The van der Waals surface area contributed by atoms with Crippen LogP contribution in [0.5, 0.6) is 5.75 Å². The van der Waals surface area contributed by atoms with Gasteiger partial charge in [-0.05, 0) is 44.0 Å². The Labute approximate surface area is 126 Å². The van der Waals surface area contributed by atoms with Crippen LogP contribution in [-0.4, -0.2) is 12.5 Å². The molecular weight excluding hydrogens is 262 g/mol. The Morgan fingerprint density at radius 2 is 1.95 bits per heavy atom. The van der Waals surface area contributed by atoms with Gasteiger partial charge in [0.2, 0.25) is 5.91 Å². The van der Waals surface area contributed by atoms with E-state index < -0.39 is 0 Å². The maximum atomic E-state index is 12.2. The van der Waals surface area contributed by atoms with E-state index in [4.69, 9.17) is 4.74 Å². The molecule has 3 nitrogen and oxygen atoms in total. The van der Waals surface area contributed by atoms with E-state index in [2.05, 4.69) is 17.4 Å². The molecule has 0 aliphatic rings. The third-order valence-corrected chi connectivity index (χ3v) is 3.28. The number of anilines is 1. The molecule has 0 aromatic heterocycles. The number of carbonyl (C=O) groups is 1. The summed E-state index contributed by atoms with van der Waals surface area (Å²) in [6, 6.07) is 13.6. The lowest BCUT2D eigenvalue weighted by Crippen LogP contribution is -2.15. The second-order valence-corrected chi connectivity index (χ2v) is 5.12. The number of hydrogen-bond acceptors (Lipinski definition) is 2. The molecule has 0 bridgehead atoms. The first-order chi connectivity index (χ1) is 10.1. The van der Waals surface area contributed by atoms with Crippen LogP contribution in [-0.2, 0) is 11.2 Å². The number of amides is 1. The third kappa shape index (κ3) is 4.35. The molecule has 0 radical (unpaired) electrons. The number of benzene rings is 2. The first kappa shape index (κ1) is 15.1. The van der Waals surface area contributed by atoms with Gasteiger partial charge in [0.25, 0.3) is 0 Å². The van der Waals surface area contributed by atoms with Crippen LogP contribution in [0.4, 0.5) is 5.69 Å². The molecular formula is C18H21NO2. The van der Waals surface area contributed by atoms with Crippen molar-refractivity contribution in [3.05, 3.63) is 59.2 Å². The van der Waals surface area contributed by atoms with Crippen molar-refractivity contribution in [2.24, 2.45) is 0 Å². The van der Waals surface area contributed by atoms with E-state index in [9.17, 15) is 4.79 Å². The van der Waals surface area contributed by atoms with Crippen molar-refractivity contribution in [2.75, 3.05) is 11.9 Å². The lowest BCUT2D eigenvalue weighted by atomic mass is 10.0. The zero-order valence-electron chi connectivity index (χ0n) is 12.8. The van der Waals surface area contributed by atoms with Crippen LogP contribution in [0.2, 0.25) is 0 Å². The predicted molar refractivity (Wildman–Crippen MR) is 85.9 cm³/mol. The minimum atomic E-state index is -0.0163. The van der Waals surface area contributed by atoms with E-state index in [0.29, 0.717) is 13.0 Å². The largest absolute Gasteiger partial charge is 0.494 e. The molecule has 3 heteroatoms. The SMILES string of the molecule is CCOc1cccc(NC(=O)Cc2cc(C)ccc2C)c1. The highest BCUT2D eigenvalue weighted by Gasteiger charge is 2.07. The van der Waals surface area contributed by atoms with Crippen LogP contribution < -0.4 is 10.1 Å². The van der Waals surface area contributed by atoms with Gasteiger partial charge in [-0.1, -0.05) is 29.8 Å². The summed E-state index contributed by atoms with van der Waals surface area (Å²) in [4.78, 5) is 12.2. The highest BCUT2D eigenvalue weighted by atomic mass is 16.5. The van der Waals surface area contributed by atoms with Gasteiger partial charge in [-0.2, -0.15) is 0 Å². The Kier molecular flexibility index (Phi) is 4.99. The molecule has 0 saturated carbocycles. The fourth-order valence-electron chi connectivity index (χ4n) is 2.20. The van der Waals surface area contributed by atoms with Crippen molar-refractivity contribution in [2.45, 2.75) is 27.2 Å². The number of aryl methyl sites for hydroxylation is 2. The fraction of sp³-hybridized carbons (Fsp3) is 0.278. The minimum Gasteiger partial charge on any atom is -0.494 e. The molecule has 1 N–H and O–H groups in total. The van der Waals surface area contributed by atoms with Crippen molar-refractivity contribution in [3.8, 4) is 5.75 Å². The number of ether oxygens (including phenoxy) is 1. The maximum Gasteiger partial charge on any atom is 0.228 e. The zero-order valence-corrected chi connectivity index (χ0v) is 12.8. The van der Waals surface area contributed by atoms with Gasteiger partial charge < -0.3 is 10.1 Å². The lowest BCUT2D eigenvalue weighted by Gasteiger charge is -2.10. The molecule has 0 saturated heterocycles. The normalized spacial score (nSPS) is 10.2. The van der Waals surface area contributed by atoms with Crippen molar-refractivity contribution >= 4 is 11.6 Å². The molecule has 2 aromatic carbocycles. The Morgan fingerprint density at radius 1 is 1.14 bits per heavy atom. The molecule has 0 spiro atoms. The summed E-state index contributed by atoms with van der Waals surface area (Å²) in [6.45, 7) is 6.61. The molecule has 0 fully saturated rings. The summed E-state index contributed by atoms with van der Waals surface area (Å²) in [5.41, 5.74) is 4.13. The van der Waals surface area contributed by atoms with E-state index in [0.717, 1.165) is 22.6 Å².